The van der Waals surface area contributed by atoms with Crippen molar-refractivity contribution in [1.82, 2.24) is 19.6 Å². The molecule has 0 unspecified atom stereocenters. The number of fused-ring (bicyclic) bond motifs is 1. The predicted octanol–water partition coefficient (Wildman–Crippen LogP) is 6.81. The summed E-state index contributed by atoms with van der Waals surface area (Å²) in [5, 5.41) is 13.4. The highest BCUT2D eigenvalue weighted by Crippen LogP contribution is 2.44. The van der Waals surface area contributed by atoms with Gasteiger partial charge in [-0.25, -0.2) is 4.79 Å². The maximum absolute atomic E-state index is 14.0. The van der Waals surface area contributed by atoms with Gasteiger partial charge in [0.25, 0.3) is 0 Å². The van der Waals surface area contributed by atoms with Crippen molar-refractivity contribution < 1.29 is 27.5 Å². The summed E-state index contributed by atoms with van der Waals surface area (Å²) < 4.78 is 48.7. The second-order valence-corrected chi connectivity index (χ2v) is 12.4. The van der Waals surface area contributed by atoms with Crippen molar-refractivity contribution in [1.29, 1.82) is 5.26 Å². The summed E-state index contributed by atoms with van der Waals surface area (Å²) in [7, 11) is 1.62. The van der Waals surface area contributed by atoms with E-state index in [9.17, 15) is 28.0 Å². The number of carbonyl (C=O) groups excluding carboxylic acids is 2. The Morgan fingerprint density at radius 1 is 1.21 bits per heavy atom. The minimum Gasteiger partial charge on any atom is -0.444 e. The number of alkyl halides is 3. The molecule has 3 aromatic rings. The molecule has 3 heterocycles. The quantitative estimate of drug-likeness (QED) is 0.273. The number of nitrogens with zero attached hydrogens (tertiary/aromatic N) is 5. The first-order chi connectivity index (χ1) is 20.2. The molecule has 12 heteroatoms. The summed E-state index contributed by atoms with van der Waals surface area (Å²) in [6.07, 6.45) is -0.150. The lowest BCUT2D eigenvalue weighted by molar-refractivity contribution is -0.141. The standard InChI is InChI=1S/C31H34F3N5O3S/c1-6-39-18-25(28(36-39)31(32,33)34)22-12-8-7-11-21(22)24-17-38(19-26-23(24)15-20(16-35)43-26)27(40)13-9-10-14-37(5)29(41)42-30(2,3)4/h7-9,11-13,15,18,24H,6,10,14,17,19H2,1-5H3/b13-9+/t24-/m0/s1. The Morgan fingerprint density at radius 2 is 1.93 bits per heavy atom. The molecule has 0 saturated carbocycles. The Kier molecular flexibility index (Phi) is 9.35. The number of amides is 2. The highest BCUT2D eigenvalue weighted by molar-refractivity contribution is 7.12. The van der Waals surface area contributed by atoms with Crippen LogP contribution in [-0.4, -0.2) is 57.3 Å². The van der Waals surface area contributed by atoms with Gasteiger partial charge in [-0.1, -0.05) is 30.3 Å². The van der Waals surface area contributed by atoms with Crippen LogP contribution in [-0.2, 0) is 28.8 Å². The molecule has 0 bridgehead atoms. The normalized spacial score (nSPS) is 15.3. The molecule has 1 aromatic carbocycles. The fourth-order valence-corrected chi connectivity index (χ4v) is 5.97. The molecule has 0 saturated heterocycles. The Hall–Kier alpha value is -4.11. The minimum atomic E-state index is -4.65. The van der Waals surface area contributed by atoms with Crippen molar-refractivity contribution in [3.63, 3.8) is 0 Å². The van der Waals surface area contributed by atoms with Crippen LogP contribution in [0.25, 0.3) is 11.1 Å². The maximum Gasteiger partial charge on any atom is 0.435 e. The Bertz CT molecular complexity index is 1560. The van der Waals surface area contributed by atoms with E-state index in [2.05, 4.69) is 11.2 Å². The summed E-state index contributed by atoms with van der Waals surface area (Å²) in [6, 6.07) is 10.8. The average molecular weight is 614 g/mol. The Balaban J connectivity index is 1.61. The fraction of sp³-hybridized carbons (Fsp3) is 0.419. The molecule has 0 fully saturated rings. The summed E-state index contributed by atoms with van der Waals surface area (Å²) in [5.41, 5.74) is 0.223. The third-order valence-electron chi connectivity index (χ3n) is 6.95. The molecule has 0 radical (unpaired) electrons. The van der Waals surface area contributed by atoms with Crippen LogP contribution in [0.5, 0.6) is 0 Å². The van der Waals surface area contributed by atoms with Gasteiger partial charge in [-0.15, -0.1) is 11.3 Å². The van der Waals surface area contributed by atoms with Crippen LogP contribution in [0.2, 0.25) is 0 Å². The van der Waals surface area contributed by atoms with Crippen LogP contribution in [0.15, 0.2) is 48.7 Å². The number of aromatic nitrogens is 2. The SMILES string of the molecule is CCn1cc(-c2ccccc2[C@@H]2CN(C(=O)/C=C/CCN(C)C(=O)OC(C)(C)C)Cc3sc(C#N)cc32)c(C(F)(F)F)n1. The summed E-state index contributed by atoms with van der Waals surface area (Å²) in [6.45, 7) is 8.20. The Labute approximate surface area is 253 Å². The summed E-state index contributed by atoms with van der Waals surface area (Å²) in [5.74, 6) is -0.727. The molecule has 2 amide bonds. The molecule has 2 aromatic heterocycles. The number of rotatable bonds is 7. The molecule has 0 spiro atoms. The smallest absolute Gasteiger partial charge is 0.435 e. The minimum absolute atomic E-state index is 0.0281. The van der Waals surface area contributed by atoms with E-state index in [-0.39, 0.29) is 31.1 Å². The fourth-order valence-electron chi connectivity index (χ4n) is 4.93. The van der Waals surface area contributed by atoms with Crippen LogP contribution >= 0.6 is 11.3 Å². The first kappa shape index (κ1) is 31.8. The highest BCUT2D eigenvalue weighted by atomic mass is 32.1. The van der Waals surface area contributed by atoms with E-state index in [1.54, 1.807) is 76.1 Å². The molecule has 1 atom stereocenters. The third kappa shape index (κ3) is 7.46. The van der Waals surface area contributed by atoms with E-state index in [4.69, 9.17) is 4.74 Å². The molecule has 4 rings (SSSR count). The van der Waals surface area contributed by atoms with E-state index in [0.29, 0.717) is 29.0 Å². The number of benzene rings is 1. The van der Waals surface area contributed by atoms with Gasteiger partial charge in [0.1, 0.15) is 16.5 Å². The van der Waals surface area contributed by atoms with Crippen molar-refractivity contribution in [2.75, 3.05) is 20.1 Å². The van der Waals surface area contributed by atoms with E-state index in [1.165, 1.54) is 33.2 Å². The van der Waals surface area contributed by atoms with E-state index in [0.717, 1.165) is 10.4 Å². The number of halogens is 3. The predicted molar refractivity (Wildman–Crippen MR) is 157 cm³/mol. The summed E-state index contributed by atoms with van der Waals surface area (Å²) in [4.78, 5) is 29.9. The molecule has 1 aliphatic heterocycles. The van der Waals surface area contributed by atoms with Gasteiger partial charge in [-0.2, -0.15) is 23.5 Å². The van der Waals surface area contributed by atoms with Crippen LogP contribution in [0.3, 0.4) is 0 Å². The number of hydrogen-bond donors (Lipinski definition) is 0. The first-order valence-electron chi connectivity index (χ1n) is 13.9. The number of aryl methyl sites for hydroxylation is 1. The van der Waals surface area contributed by atoms with E-state index in [1.807, 2.05) is 0 Å². The van der Waals surface area contributed by atoms with E-state index >= 15 is 0 Å². The summed E-state index contributed by atoms with van der Waals surface area (Å²) >= 11 is 1.28. The number of hydrogen-bond acceptors (Lipinski definition) is 6. The van der Waals surface area contributed by atoms with Gasteiger partial charge < -0.3 is 14.5 Å². The first-order valence-corrected chi connectivity index (χ1v) is 14.7. The highest BCUT2D eigenvalue weighted by Gasteiger charge is 2.39. The zero-order valence-corrected chi connectivity index (χ0v) is 25.6. The van der Waals surface area contributed by atoms with Crippen molar-refractivity contribution in [2.45, 2.75) is 64.9 Å². The zero-order chi connectivity index (χ0) is 31.5. The monoisotopic (exact) mass is 613 g/mol. The number of thiophene rings is 1. The number of nitriles is 1. The lowest BCUT2D eigenvalue weighted by Gasteiger charge is -2.33. The van der Waals surface area contributed by atoms with Gasteiger partial charge in [0, 0.05) is 49.2 Å². The van der Waals surface area contributed by atoms with Crippen LogP contribution in [0, 0.1) is 11.3 Å². The third-order valence-corrected chi connectivity index (χ3v) is 7.99. The molecule has 8 nitrogen and oxygen atoms in total. The molecule has 0 aliphatic carbocycles. The van der Waals surface area contributed by atoms with Gasteiger partial charge in [0.15, 0.2) is 5.69 Å². The lowest BCUT2D eigenvalue weighted by Crippen LogP contribution is -2.37. The van der Waals surface area contributed by atoms with Crippen molar-refractivity contribution >= 4 is 23.3 Å². The lowest BCUT2D eigenvalue weighted by atomic mass is 9.83. The zero-order valence-electron chi connectivity index (χ0n) is 24.7. The van der Waals surface area contributed by atoms with Gasteiger partial charge >= 0.3 is 12.3 Å². The van der Waals surface area contributed by atoms with Gasteiger partial charge in [0.2, 0.25) is 5.91 Å². The van der Waals surface area contributed by atoms with Crippen molar-refractivity contribution in [2.24, 2.45) is 0 Å². The van der Waals surface area contributed by atoms with E-state index < -0.39 is 29.5 Å². The second-order valence-electron chi connectivity index (χ2n) is 11.3. The average Bonchev–Trinajstić information content (AvgIpc) is 3.58. The van der Waals surface area contributed by atoms with Crippen LogP contribution in [0.1, 0.15) is 66.6 Å². The molecule has 43 heavy (non-hydrogen) atoms. The molecular formula is C31H34F3N5O3S. The van der Waals surface area contributed by atoms with Gasteiger partial charge in [-0.3, -0.25) is 9.48 Å². The van der Waals surface area contributed by atoms with Gasteiger partial charge in [-0.05, 0) is 62.9 Å². The van der Waals surface area contributed by atoms with Crippen LogP contribution < -0.4 is 0 Å². The maximum atomic E-state index is 14.0. The largest absolute Gasteiger partial charge is 0.444 e. The van der Waals surface area contributed by atoms with Crippen LogP contribution in [0.4, 0.5) is 18.0 Å². The second kappa shape index (κ2) is 12.6. The molecule has 0 N–H and O–H groups in total. The Morgan fingerprint density at radius 3 is 2.58 bits per heavy atom. The van der Waals surface area contributed by atoms with Gasteiger partial charge in [0.05, 0.1) is 6.54 Å². The number of carbonyl (C=O) groups is 2. The number of ether oxygens (including phenoxy) is 1. The topological polar surface area (TPSA) is 91.5 Å². The van der Waals surface area contributed by atoms with Crippen molar-refractivity contribution in [3.05, 3.63) is 75.3 Å². The molecule has 1 aliphatic rings. The van der Waals surface area contributed by atoms with Crippen molar-refractivity contribution in [3.8, 4) is 17.2 Å². The molecular weight excluding hydrogens is 579 g/mol. The molecule has 228 valence electrons.